The number of hydrogen-bond acceptors (Lipinski definition) is 3. The maximum Gasteiger partial charge on any atom is 0.139 e. The third kappa shape index (κ3) is 3.79. The predicted octanol–water partition coefficient (Wildman–Crippen LogP) is 2.81. The number of carbonyl (C=O) groups is 1. The van der Waals surface area contributed by atoms with E-state index < -0.39 is 0 Å². The fourth-order valence-corrected chi connectivity index (χ4v) is 2.24. The predicted molar refractivity (Wildman–Crippen MR) is 66.2 cm³/mol. The molecule has 17 heavy (non-hydrogen) atoms. The van der Waals surface area contributed by atoms with Crippen molar-refractivity contribution >= 4 is 17.4 Å². The van der Waals surface area contributed by atoms with Gasteiger partial charge in [-0.25, -0.2) is 0 Å². The topological polar surface area (TPSA) is 39.2 Å². The van der Waals surface area contributed by atoms with Crippen molar-refractivity contribution < 1.29 is 9.53 Å². The van der Waals surface area contributed by atoms with E-state index in [1.165, 1.54) is 0 Å². The highest BCUT2D eigenvalue weighted by molar-refractivity contribution is 6.31. The molecule has 2 rings (SSSR count). The Kier molecular flexibility index (Phi) is 4.51. The van der Waals surface area contributed by atoms with E-state index >= 15 is 0 Å². The van der Waals surface area contributed by atoms with Gasteiger partial charge < -0.3 is 4.74 Å². The lowest BCUT2D eigenvalue weighted by molar-refractivity contribution is -0.122. The van der Waals surface area contributed by atoms with Crippen LogP contribution in [0.3, 0.4) is 0 Å². The molecule has 1 aromatic rings. The summed E-state index contributed by atoms with van der Waals surface area (Å²) >= 11 is 5.97. The maximum absolute atomic E-state index is 11.9. The molecule has 0 aliphatic carbocycles. The summed E-state index contributed by atoms with van der Waals surface area (Å²) in [6.07, 6.45) is 7.48. The minimum Gasteiger partial charge on any atom is -0.378 e. The van der Waals surface area contributed by atoms with Crippen molar-refractivity contribution in [2.24, 2.45) is 0 Å². The van der Waals surface area contributed by atoms with Crippen LogP contribution in [0.5, 0.6) is 0 Å². The maximum atomic E-state index is 11.9. The van der Waals surface area contributed by atoms with Crippen LogP contribution in [0.2, 0.25) is 5.02 Å². The quantitative estimate of drug-likeness (QED) is 0.828. The first-order chi connectivity index (χ1) is 8.25. The number of nitrogens with zero attached hydrogens (tertiary/aromatic N) is 1. The van der Waals surface area contributed by atoms with Crippen LogP contribution in [-0.2, 0) is 16.0 Å². The lowest BCUT2D eigenvalue weighted by Gasteiger charge is -2.21. The molecule has 1 saturated heterocycles. The molecule has 92 valence electrons. The Morgan fingerprint density at radius 3 is 3.12 bits per heavy atom. The van der Waals surface area contributed by atoms with Crippen LogP contribution < -0.4 is 0 Å². The van der Waals surface area contributed by atoms with E-state index in [0.29, 0.717) is 17.9 Å². The van der Waals surface area contributed by atoms with Crippen molar-refractivity contribution in [2.75, 3.05) is 6.61 Å². The van der Waals surface area contributed by atoms with Gasteiger partial charge in [-0.1, -0.05) is 11.6 Å². The summed E-state index contributed by atoms with van der Waals surface area (Å²) in [4.78, 5) is 15.8. The molecule has 1 aromatic heterocycles. The summed E-state index contributed by atoms with van der Waals surface area (Å²) in [6, 6.07) is 1.79. The molecule has 0 aromatic carbocycles. The molecule has 2 heterocycles. The minimum atomic E-state index is 0.108. The van der Waals surface area contributed by atoms with Gasteiger partial charge in [0.25, 0.3) is 0 Å². The second kappa shape index (κ2) is 6.12. The standard InChI is InChI=1S/C13H16ClNO2/c14-13-9-15-5-4-10(13)7-11(16)8-12-3-1-2-6-17-12/h4-5,9,12H,1-3,6-8H2. The first kappa shape index (κ1) is 12.5. The van der Waals surface area contributed by atoms with Gasteiger partial charge in [0.1, 0.15) is 5.78 Å². The first-order valence-corrected chi connectivity index (χ1v) is 6.35. The summed E-state index contributed by atoms with van der Waals surface area (Å²) in [5, 5.41) is 0.561. The number of rotatable bonds is 4. The van der Waals surface area contributed by atoms with E-state index in [4.69, 9.17) is 16.3 Å². The van der Waals surface area contributed by atoms with Gasteiger partial charge in [0, 0.05) is 31.8 Å². The van der Waals surface area contributed by atoms with Gasteiger partial charge in [-0.15, -0.1) is 0 Å². The second-order valence-corrected chi connectivity index (χ2v) is 4.78. The van der Waals surface area contributed by atoms with Crippen molar-refractivity contribution in [3.63, 3.8) is 0 Å². The zero-order chi connectivity index (χ0) is 12.1. The largest absolute Gasteiger partial charge is 0.378 e. The number of Topliss-reactive ketones (excluding diaryl/α,β-unsaturated/α-hetero) is 1. The van der Waals surface area contributed by atoms with Crippen LogP contribution in [0, 0.1) is 0 Å². The van der Waals surface area contributed by atoms with Crippen LogP contribution in [-0.4, -0.2) is 23.5 Å². The molecular weight excluding hydrogens is 238 g/mol. The Morgan fingerprint density at radius 2 is 2.41 bits per heavy atom. The van der Waals surface area contributed by atoms with Gasteiger partial charge in [0.05, 0.1) is 11.1 Å². The Hall–Kier alpha value is -0.930. The Balaban J connectivity index is 1.86. The SMILES string of the molecule is O=C(Cc1ccncc1Cl)CC1CCCCO1. The van der Waals surface area contributed by atoms with Gasteiger partial charge >= 0.3 is 0 Å². The van der Waals surface area contributed by atoms with Gasteiger partial charge in [-0.2, -0.15) is 0 Å². The third-order valence-corrected chi connectivity index (χ3v) is 3.31. The lowest BCUT2D eigenvalue weighted by Crippen LogP contribution is -2.23. The summed E-state index contributed by atoms with van der Waals surface area (Å²) < 4.78 is 5.55. The summed E-state index contributed by atoms with van der Waals surface area (Å²) in [5.74, 6) is 0.185. The molecule has 0 bridgehead atoms. The number of aromatic nitrogens is 1. The molecule has 0 radical (unpaired) electrons. The van der Waals surface area contributed by atoms with Crippen LogP contribution in [0.15, 0.2) is 18.5 Å². The molecule has 1 unspecified atom stereocenters. The van der Waals surface area contributed by atoms with Crippen LogP contribution in [0.1, 0.15) is 31.2 Å². The number of pyridine rings is 1. The van der Waals surface area contributed by atoms with Gasteiger partial charge in [0.2, 0.25) is 0 Å². The van der Waals surface area contributed by atoms with E-state index in [0.717, 1.165) is 31.4 Å². The average molecular weight is 254 g/mol. The molecule has 1 atom stereocenters. The number of ether oxygens (including phenoxy) is 1. The Bertz CT molecular complexity index is 389. The van der Waals surface area contributed by atoms with E-state index in [9.17, 15) is 4.79 Å². The van der Waals surface area contributed by atoms with Gasteiger partial charge in [0.15, 0.2) is 0 Å². The van der Waals surface area contributed by atoms with Crippen molar-refractivity contribution in [3.05, 3.63) is 29.0 Å². The highest BCUT2D eigenvalue weighted by Gasteiger charge is 2.18. The molecule has 3 nitrogen and oxygen atoms in total. The molecule has 1 aliphatic rings. The fraction of sp³-hybridized carbons (Fsp3) is 0.538. The third-order valence-electron chi connectivity index (χ3n) is 2.97. The fourth-order valence-electron chi connectivity index (χ4n) is 2.05. The Morgan fingerprint density at radius 1 is 1.53 bits per heavy atom. The zero-order valence-electron chi connectivity index (χ0n) is 9.69. The molecular formula is C13H16ClNO2. The van der Waals surface area contributed by atoms with Crippen LogP contribution >= 0.6 is 11.6 Å². The summed E-state index contributed by atoms with van der Waals surface area (Å²) in [5.41, 5.74) is 0.850. The number of halogens is 1. The Labute approximate surface area is 106 Å². The number of carbonyl (C=O) groups excluding carboxylic acids is 1. The summed E-state index contributed by atoms with van der Waals surface area (Å²) in [7, 11) is 0. The molecule has 1 aliphatic heterocycles. The van der Waals surface area contributed by atoms with E-state index in [1.807, 2.05) is 0 Å². The monoisotopic (exact) mass is 253 g/mol. The smallest absolute Gasteiger partial charge is 0.139 e. The van der Waals surface area contributed by atoms with Crippen molar-refractivity contribution in [2.45, 2.75) is 38.2 Å². The highest BCUT2D eigenvalue weighted by atomic mass is 35.5. The van der Waals surface area contributed by atoms with E-state index in [1.54, 1.807) is 18.5 Å². The number of hydrogen-bond donors (Lipinski definition) is 0. The highest BCUT2D eigenvalue weighted by Crippen LogP contribution is 2.19. The molecule has 1 fully saturated rings. The van der Waals surface area contributed by atoms with Crippen molar-refractivity contribution in [1.82, 2.24) is 4.98 Å². The van der Waals surface area contributed by atoms with Crippen molar-refractivity contribution in [1.29, 1.82) is 0 Å². The van der Waals surface area contributed by atoms with Crippen molar-refractivity contribution in [3.8, 4) is 0 Å². The van der Waals surface area contributed by atoms with Gasteiger partial charge in [-0.3, -0.25) is 9.78 Å². The normalized spacial score (nSPS) is 20.2. The second-order valence-electron chi connectivity index (χ2n) is 4.38. The molecule has 0 saturated carbocycles. The molecule has 4 heteroatoms. The number of ketones is 1. The average Bonchev–Trinajstić information content (AvgIpc) is 2.33. The van der Waals surface area contributed by atoms with Gasteiger partial charge in [-0.05, 0) is 30.9 Å². The van der Waals surface area contributed by atoms with E-state index in [-0.39, 0.29) is 11.9 Å². The molecule has 0 N–H and O–H groups in total. The summed E-state index contributed by atoms with van der Waals surface area (Å²) in [6.45, 7) is 0.786. The molecule has 0 spiro atoms. The van der Waals surface area contributed by atoms with Crippen LogP contribution in [0.4, 0.5) is 0 Å². The lowest BCUT2D eigenvalue weighted by atomic mass is 10.0. The first-order valence-electron chi connectivity index (χ1n) is 5.97. The zero-order valence-corrected chi connectivity index (χ0v) is 10.4. The minimum absolute atomic E-state index is 0.108. The van der Waals surface area contributed by atoms with Crippen LogP contribution in [0.25, 0.3) is 0 Å². The molecule has 0 amide bonds. The van der Waals surface area contributed by atoms with E-state index in [2.05, 4.69) is 4.98 Å².